The zero-order chi connectivity index (χ0) is 16.4. The molecule has 0 spiro atoms. The summed E-state index contributed by atoms with van der Waals surface area (Å²) in [6.45, 7) is 3.41. The quantitative estimate of drug-likeness (QED) is 0.780. The Kier molecular flexibility index (Phi) is 6.24. The van der Waals surface area contributed by atoms with Crippen LogP contribution in [0.1, 0.15) is 44.6 Å². The van der Waals surface area contributed by atoms with Gasteiger partial charge in [0.2, 0.25) is 11.8 Å². The van der Waals surface area contributed by atoms with E-state index in [1.54, 1.807) is 0 Å². The normalized spacial score (nSPS) is 24.8. The van der Waals surface area contributed by atoms with E-state index in [0.29, 0.717) is 24.4 Å². The molecule has 2 amide bonds. The summed E-state index contributed by atoms with van der Waals surface area (Å²) < 4.78 is 0. The van der Waals surface area contributed by atoms with Gasteiger partial charge >= 0.3 is 0 Å². The standard InChI is InChI=1S/C18H25N3O2.ClH/c1-11-3-4-16(10-17(11)19-12(2)22)21-18(23)9-13-7-14-5-6-15(8-13)20-14;/h3-4,10,13-15,20H,5-9H2,1-2H3,(H,19,22)(H,21,23);1H. The van der Waals surface area contributed by atoms with Crippen LogP contribution in [0, 0.1) is 12.8 Å². The molecular formula is C18H26ClN3O2. The molecule has 2 heterocycles. The van der Waals surface area contributed by atoms with Crippen molar-refractivity contribution in [1.29, 1.82) is 0 Å². The van der Waals surface area contributed by atoms with Gasteiger partial charge < -0.3 is 16.0 Å². The molecule has 24 heavy (non-hydrogen) atoms. The molecule has 6 heteroatoms. The summed E-state index contributed by atoms with van der Waals surface area (Å²) >= 11 is 0. The first-order valence-corrected chi connectivity index (χ1v) is 8.43. The Labute approximate surface area is 149 Å². The van der Waals surface area contributed by atoms with Gasteiger partial charge in [-0.3, -0.25) is 9.59 Å². The van der Waals surface area contributed by atoms with E-state index in [4.69, 9.17) is 0 Å². The molecule has 0 aromatic heterocycles. The Morgan fingerprint density at radius 2 is 1.83 bits per heavy atom. The van der Waals surface area contributed by atoms with Gasteiger partial charge in [-0.1, -0.05) is 6.07 Å². The van der Waals surface area contributed by atoms with Gasteiger partial charge in [0, 0.05) is 36.8 Å². The molecule has 0 saturated carbocycles. The molecule has 2 unspecified atom stereocenters. The second-order valence-electron chi connectivity index (χ2n) is 6.94. The monoisotopic (exact) mass is 351 g/mol. The number of hydrogen-bond donors (Lipinski definition) is 3. The van der Waals surface area contributed by atoms with Crippen molar-refractivity contribution in [3.63, 3.8) is 0 Å². The molecule has 2 fully saturated rings. The van der Waals surface area contributed by atoms with E-state index in [0.717, 1.165) is 29.8 Å². The zero-order valence-corrected chi connectivity index (χ0v) is 15.0. The molecule has 2 aliphatic heterocycles. The predicted molar refractivity (Wildman–Crippen MR) is 98.6 cm³/mol. The fraction of sp³-hybridized carbons (Fsp3) is 0.556. The highest BCUT2D eigenvalue weighted by molar-refractivity contribution is 5.94. The summed E-state index contributed by atoms with van der Waals surface area (Å²) in [5.74, 6) is 0.435. The number of nitrogens with one attached hydrogen (secondary N) is 3. The SMILES string of the molecule is CC(=O)Nc1cc(NC(=O)CC2CC3CCC(C2)N3)ccc1C.Cl. The van der Waals surface area contributed by atoms with Crippen molar-refractivity contribution in [3.8, 4) is 0 Å². The van der Waals surface area contributed by atoms with Gasteiger partial charge in [-0.15, -0.1) is 12.4 Å². The van der Waals surface area contributed by atoms with Crippen molar-refractivity contribution >= 4 is 35.6 Å². The van der Waals surface area contributed by atoms with E-state index < -0.39 is 0 Å². The minimum atomic E-state index is -0.109. The van der Waals surface area contributed by atoms with Crippen LogP contribution in [0.2, 0.25) is 0 Å². The highest BCUT2D eigenvalue weighted by atomic mass is 35.5. The van der Waals surface area contributed by atoms with E-state index in [1.807, 2.05) is 25.1 Å². The van der Waals surface area contributed by atoms with Crippen LogP contribution in [-0.4, -0.2) is 23.9 Å². The molecule has 3 rings (SSSR count). The Balaban J connectivity index is 0.00000208. The minimum absolute atomic E-state index is 0. The molecule has 132 valence electrons. The van der Waals surface area contributed by atoms with E-state index in [1.165, 1.54) is 19.8 Å². The number of benzene rings is 1. The maximum absolute atomic E-state index is 12.3. The second kappa shape index (κ2) is 7.99. The molecular weight excluding hydrogens is 326 g/mol. The summed E-state index contributed by atoms with van der Waals surface area (Å²) in [6, 6.07) is 6.83. The van der Waals surface area contributed by atoms with Crippen LogP contribution in [0.5, 0.6) is 0 Å². The van der Waals surface area contributed by atoms with Crippen molar-refractivity contribution in [2.24, 2.45) is 5.92 Å². The number of fused-ring (bicyclic) bond motifs is 2. The number of aryl methyl sites for hydroxylation is 1. The first-order valence-electron chi connectivity index (χ1n) is 8.43. The van der Waals surface area contributed by atoms with E-state index >= 15 is 0 Å². The van der Waals surface area contributed by atoms with Crippen molar-refractivity contribution in [2.45, 2.75) is 58.0 Å². The van der Waals surface area contributed by atoms with Crippen LogP contribution in [-0.2, 0) is 9.59 Å². The van der Waals surface area contributed by atoms with Gasteiger partial charge in [-0.2, -0.15) is 0 Å². The van der Waals surface area contributed by atoms with E-state index in [9.17, 15) is 9.59 Å². The molecule has 2 bridgehead atoms. The lowest BCUT2D eigenvalue weighted by molar-refractivity contribution is -0.117. The first-order chi connectivity index (χ1) is 11.0. The van der Waals surface area contributed by atoms with Gasteiger partial charge in [0.25, 0.3) is 0 Å². The third-order valence-electron chi connectivity index (χ3n) is 4.88. The topological polar surface area (TPSA) is 70.2 Å². The maximum Gasteiger partial charge on any atom is 0.224 e. The Morgan fingerprint density at radius 1 is 1.17 bits per heavy atom. The van der Waals surface area contributed by atoms with Gasteiger partial charge in [0.05, 0.1) is 0 Å². The van der Waals surface area contributed by atoms with Crippen molar-refractivity contribution in [3.05, 3.63) is 23.8 Å². The van der Waals surface area contributed by atoms with Crippen LogP contribution < -0.4 is 16.0 Å². The number of carbonyl (C=O) groups excluding carboxylic acids is 2. The number of carbonyl (C=O) groups is 2. The molecule has 0 aliphatic carbocycles. The average Bonchev–Trinajstić information content (AvgIpc) is 2.81. The molecule has 0 radical (unpaired) electrons. The summed E-state index contributed by atoms with van der Waals surface area (Å²) in [4.78, 5) is 23.5. The second-order valence-corrected chi connectivity index (χ2v) is 6.94. The number of piperidine rings is 1. The minimum Gasteiger partial charge on any atom is -0.326 e. The highest BCUT2D eigenvalue weighted by Gasteiger charge is 2.34. The average molecular weight is 352 g/mol. The van der Waals surface area contributed by atoms with E-state index in [-0.39, 0.29) is 24.2 Å². The lowest BCUT2D eigenvalue weighted by atomic mass is 9.89. The van der Waals surface area contributed by atoms with Crippen molar-refractivity contribution in [2.75, 3.05) is 10.6 Å². The molecule has 1 aromatic rings. The summed E-state index contributed by atoms with van der Waals surface area (Å²) in [6.07, 6.45) is 5.30. The number of amides is 2. The predicted octanol–water partition coefficient (Wildman–Crippen LogP) is 3.23. The largest absolute Gasteiger partial charge is 0.326 e. The first kappa shape index (κ1) is 18.7. The Bertz CT molecular complexity index is 608. The molecule has 2 aliphatic rings. The third kappa shape index (κ3) is 4.71. The molecule has 3 N–H and O–H groups in total. The van der Waals surface area contributed by atoms with Gasteiger partial charge in [0.15, 0.2) is 0 Å². The van der Waals surface area contributed by atoms with Crippen LogP contribution in [0.3, 0.4) is 0 Å². The number of halogens is 1. The van der Waals surface area contributed by atoms with Crippen LogP contribution in [0.25, 0.3) is 0 Å². The van der Waals surface area contributed by atoms with Crippen molar-refractivity contribution in [1.82, 2.24) is 5.32 Å². The van der Waals surface area contributed by atoms with E-state index in [2.05, 4.69) is 16.0 Å². The summed E-state index contributed by atoms with van der Waals surface area (Å²) in [5, 5.41) is 9.36. The van der Waals surface area contributed by atoms with Gasteiger partial charge in [-0.25, -0.2) is 0 Å². The lowest BCUT2D eigenvalue weighted by Gasteiger charge is -2.28. The molecule has 5 nitrogen and oxygen atoms in total. The molecule has 2 saturated heterocycles. The van der Waals surface area contributed by atoms with Gasteiger partial charge in [-0.05, 0) is 56.2 Å². The highest BCUT2D eigenvalue weighted by Crippen LogP contribution is 2.33. The number of rotatable bonds is 4. The third-order valence-corrected chi connectivity index (χ3v) is 4.88. The van der Waals surface area contributed by atoms with Crippen LogP contribution >= 0.6 is 12.4 Å². The van der Waals surface area contributed by atoms with Gasteiger partial charge in [0.1, 0.15) is 0 Å². The van der Waals surface area contributed by atoms with Crippen LogP contribution in [0.15, 0.2) is 18.2 Å². The summed E-state index contributed by atoms with van der Waals surface area (Å²) in [5.41, 5.74) is 2.46. The smallest absolute Gasteiger partial charge is 0.224 e. The Morgan fingerprint density at radius 3 is 2.46 bits per heavy atom. The fourth-order valence-corrected chi connectivity index (χ4v) is 3.84. The summed E-state index contributed by atoms with van der Waals surface area (Å²) in [7, 11) is 0. The fourth-order valence-electron chi connectivity index (χ4n) is 3.84. The number of anilines is 2. The maximum atomic E-state index is 12.3. The molecule has 1 aromatic carbocycles. The van der Waals surface area contributed by atoms with Crippen LogP contribution in [0.4, 0.5) is 11.4 Å². The van der Waals surface area contributed by atoms with Crippen molar-refractivity contribution < 1.29 is 9.59 Å². The zero-order valence-electron chi connectivity index (χ0n) is 14.2. The molecule has 2 atom stereocenters. The Hall–Kier alpha value is -1.59. The lowest BCUT2D eigenvalue weighted by Crippen LogP contribution is -2.39. The number of hydrogen-bond acceptors (Lipinski definition) is 3.